The van der Waals surface area contributed by atoms with E-state index in [1.54, 1.807) is 11.3 Å². The maximum absolute atomic E-state index is 12.3. The molecule has 1 aliphatic heterocycles. The van der Waals surface area contributed by atoms with Gasteiger partial charge >= 0.3 is 5.97 Å². The van der Waals surface area contributed by atoms with Gasteiger partial charge in [-0.2, -0.15) is 0 Å². The van der Waals surface area contributed by atoms with Crippen molar-refractivity contribution in [2.24, 2.45) is 5.73 Å². The van der Waals surface area contributed by atoms with Crippen molar-refractivity contribution < 1.29 is 14.3 Å². The lowest BCUT2D eigenvalue weighted by molar-refractivity contribution is -0.143. The molecule has 3 aromatic rings. The molecular weight excluding hydrogens is 493 g/mol. The summed E-state index contributed by atoms with van der Waals surface area (Å²) < 4.78 is 12.4. The van der Waals surface area contributed by atoms with Crippen LogP contribution in [0, 0.1) is 5.41 Å². The number of thiophene rings is 1. The van der Waals surface area contributed by atoms with E-state index in [1.807, 2.05) is 37.3 Å². The third-order valence-electron chi connectivity index (χ3n) is 5.71. The molecule has 0 aliphatic carbocycles. The third kappa shape index (κ3) is 7.09. The van der Waals surface area contributed by atoms with Crippen LogP contribution in [0.25, 0.3) is 10.1 Å². The summed E-state index contributed by atoms with van der Waals surface area (Å²) in [5, 5.41) is 12.0. The van der Waals surface area contributed by atoms with Gasteiger partial charge in [-0.3, -0.25) is 10.2 Å². The Kier molecular flexibility index (Phi) is 10.6. The number of carbonyl (C=O) groups excluding carboxylic acids is 1. The van der Waals surface area contributed by atoms with Gasteiger partial charge < -0.3 is 20.5 Å². The van der Waals surface area contributed by atoms with E-state index in [0.717, 1.165) is 52.9 Å². The third-order valence-corrected chi connectivity index (χ3v) is 6.85. The SMILES string of the molecule is CCOC(=O)CC(Cc1cc2cc(C(=N)N)ccc2s1)c1ccc(O[C@H]2CCNC2)cc1.Cl.Cl. The number of nitrogens with one attached hydrogen (secondary N) is 2. The van der Waals surface area contributed by atoms with Crippen LogP contribution in [0.3, 0.4) is 0 Å². The summed E-state index contributed by atoms with van der Waals surface area (Å²) in [6, 6.07) is 16.1. The van der Waals surface area contributed by atoms with Crippen LogP contribution in [-0.2, 0) is 16.0 Å². The lowest BCUT2D eigenvalue weighted by Gasteiger charge is -2.17. The number of nitrogen functional groups attached to an aromatic ring is 1. The summed E-state index contributed by atoms with van der Waals surface area (Å²) in [6.45, 7) is 4.08. The molecule has 0 spiro atoms. The molecule has 6 nitrogen and oxygen atoms in total. The minimum Gasteiger partial charge on any atom is -0.489 e. The zero-order chi connectivity index (χ0) is 22.5. The van der Waals surface area contributed by atoms with Gasteiger partial charge in [0.25, 0.3) is 0 Å². The Hall–Kier alpha value is -2.32. The highest BCUT2D eigenvalue weighted by molar-refractivity contribution is 7.19. The van der Waals surface area contributed by atoms with E-state index < -0.39 is 0 Å². The lowest BCUT2D eigenvalue weighted by atomic mass is 9.91. The number of esters is 1. The highest BCUT2D eigenvalue weighted by atomic mass is 35.5. The smallest absolute Gasteiger partial charge is 0.306 e. The first-order chi connectivity index (χ1) is 15.5. The number of rotatable bonds is 9. The zero-order valence-electron chi connectivity index (χ0n) is 19.0. The second-order valence-electron chi connectivity index (χ2n) is 8.09. The van der Waals surface area contributed by atoms with Gasteiger partial charge in [0.05, 0.1) is 13.0 Å². The first-order valence-electron chi connectivity index (χ1n) is 11.0. The fraction of sp³-hybridized carbons (Fsp3) is 0.360. The number of fused-ring (bicyclic) bond motifs is 1. The van der Waals surface area contributed by atoms with Crippen LogP contribution in [0.4, 0.5) is 0 Å². The molecule has 4 rings (SSSR count). The van der Waals surface area contributed by atoms with Crippen LogP contribution in [0.15, 0.2) is 48.5 Å². The average molecular weight is 525 g/mol. The monoisotopic (exact) mass is 523 g/mol. The van der Waals surface area contributed by atoms with E-state index in [0.29, 0.717) is 13.0 Å². The molecule has 9 heteroatoms. The molecule has 2 heterocycles. The fourth-order valence-electron chi connectivity index (χ4n) is 4.08. The van der Waals surface area contributed by atoms with Crippen LogP contribution in [-0.4, -0.2) is 37.6 Å². The molecule has 1 aromatic heterocycles. The normalized spacial score (nSPS) is 15.7. The van der Waals surface area contributed by atoms with E-state index in [2.05, 4.69) is 23.5 Å². The number of ether oxygens (including phenoxy) is 2. The quantitative estimate of drug-likeness (QED) is 0.207. The second kappa shape index (κ2) is 13.0. The number of nitrogens with two attached hydrogens (primary N) is 1. The van der Waals surface area contributed by atoms with Crippen LogP contribution in [0.5, 0.6) is 5.75 Å². The molecule has 1 aliphatic rings. The van der Waals surface area contributed by atoms with Gasteiger partial charge in [-0.25, -0.2) is 0 Å². The fourth-order valence-corrected chi connectivity index (χ4v) is 5.20. The molecule has 1 saturated heterocycles. The van der Waals surface area contributed by atoms with Gasteiger partial charge in [-0.15, -0.1) is 36.2 Å². The Balaban J connectivity index is 0.00000204. The number of carbonyl (C=O) groups is 1. The van der Waals surface area contributed by atoms with Crippen LogP contribution in [0.1, 0.15) is 41.7 Å². The first kappa shape index (κ1) is 27.9. The number of amidine groups is 1. The Morgan fingerprint density at radius 3 is 2.62 bits per heavy atom. The number of hydrogen-bond donors (Lipinski definition) is 3. The number of hydrogen-bond acceptors (Lipinski definition) is 6. The van der Waals surface area contributed by atoms with Crippen molar-refractivity contribution in [2.45, 2.75) is 38.2 Å². The van der Waals surface area contributed by atoms with Crippen molar-refractivity contribution in [2.75, 3.05) is 19.7 Å². The largest absolute Gasteiger partial charge is 0.489 e. The average Bonchev–Trinajstić information content (AvgIpc) is 3.42. The molecule has 1 fully saturated rings. The van der Waals surface area contributed by atoms with Crippen LogP contribution in [0.2, 0.25) is 0 Å². The van der Waals surface area contributed by atoms with Gasteiger partial charge in [0.2, 0.25) is 0 Å². The summed E-state index contributed by atoms with van der Waals surface area (Å²) in [7, 11) is 0. The molecular formula is C25H31Cl2N3O3S. The van der Waals surface area contributed by atoms with Gasteiger partial charge in [-0.05, 0) is 79.6 Å². The lowest BCUT2D eigenvalue weighted by Crippen LogP contribution is -2.19. The molecule has 0 amide bonds. The molecule has 0 bridgehead atoms. The predicted molar refractivity (Wildman–Crippen MR) is 143 cm³/mol. The Bertz CT molecular complexity index is 1100. The first-order valence-corrected chi connectivity index (χ1v) is 11.8. The van der Waals surface area contributed by atoms with Crippen molar-refractivity contribution in [3.63, 3.8) is 0 Å². The summed E-state index contributed by atoms with van der Waals surface area (Å²) in [4.78, 5) is 13.5. The zero-order valence-corrected chi connectivity index (χ0v) is 21.5. The maximum atomic E-state index is 12.3. The van der Waals surface area contributed by atoms with Gasteiger partial charge in [0, 0.05) is 21.7 Å². The van der Waals surface area contributed by atoms with E-state index in [-0.39, 0.29) is 48.6 Å². The second-order valence-corrected chi connectivity index (χ2v) is 9.26. The van der Waals surface area contributed by atoms with Crippen molar-refractivity contribution in [3.8, 4) is 5.75 Å². The summed E-state index contributed by atoms with van der Waals surface area (Å²) >= 11 is 1.71. The molecule has 34 heavy (non-hydrogen) atoms. The minimum absolute atomic E-state index is 0. The standard InChI is InChI=1S/C25H29N3O3S.2ClH/c1-2-30-24(29)14-18(16-3-6-20(7-4-16)31-21-9-10-28-15-21)12-22-13-19-11-17(25(26)27)5-8-23(19)32-22;;/h3-8,11,13,18,21,28H,2,9-10,12,14-15H2,1H3,(H3,26,27);2*1H/t18?,21-;;/m0../s1. The van der Waals surface area contributed by atoms with E-state index in [1.165, 1.54) is 4.88 Å². The van der Waals surface area contributed by atoms with E-state index in [9.17, 15) is 4.79 Å². The van der Waals surface area contributed by atoms with Crippen molar-refractivity contribution in [1.82, 2.24) is 5.32 Å². The topological polar surface area (TPSA) is 97.4 Å². The molecule has 0 radical (unpaired) electrons. The maximum Gasteiger partial charge on any atom is 0.306 e. The summed E-state index contributed by atoms with van der Waals surface area (Å²) in [5.41, 5.74) is 7.45. The van der Waals surface area contributed by atoms with Crippen LogP contribution >= 0.6 is 36.2 Å². The van der Waals surface area contributed by atoms with Gasteiger partial charge in [0.1, 0.15) is 17.7 Å². The molecule has 2 aromatic carbocycles. The summed E-state index contributed by atoms with van der Waals surface area (Å²) in [5.74, 6) is 0.748. The van der Waals surface area contributed by atoms with Gasteiger partial charge in [0.15, 0.2) is 0 Å². The van der Waals surface area contributed by atoms with Gasteiger partial charge in [-0.1, -0.05) is 12.1 Å². The predicted octanol–water partition coefficient (Wildman–Crippen LogP) is 5.05. The highest BCUT2D eigenvalue weighted by Gasteiger charge is 2.20. The highest BCUT2D eigenvalue weighted by Crippen LogP contribution is 2.33. The molecule has 4 N–H and O–H groups in total. The van der Waals surface area contributed by atoms with Crippen molar-refractivity contribution in [1.29, 1.82) is 5.41 Å². The molecule has 184 valence electrons. The molecule has 1 unspecified atom stereocenters. The van der Waals surface area contributed by atoms with E-state index in [4.69, 9.17) is 20.6 Å². The Labute approximate surface area is 216 Å². The molecule has 0 saturated carbocycles. The van der Waals surface area contributed by atoms with Crippen molar-refractivity contribution in [3.05, 3.63) is 64.5 Å². The number of halogens is 2. The minimum atomic E-state index is -0.185. The summed E-state index contributed by atoms with van der Waals surface area (Å²) in [6.07, 6.45) is 2.30. The Morgan fingerprint density at radius 1 is 1.21 bits per heavy atom. The van der Waals surface area contributed by atoms with Crippen LogP contribution < -0.4 is 15.8 Å². The Morgan fingerprint density at radius 2 is 1.97 bits per heavy atom. The molecule has 2 atom stereocenters. The number of benzene rings is 2. The van der Waals surface area contributed by atoms with E-state index >= 15 is 0 Å². The van der Waals surface area contributed by atoms with Crippen molar-refractivity contribution >= 4 is 58.0 Å².